The van der Waals surface area contributed by atoms with Crippen LogP contribution in [0.25, 0.3) is 0 Å². The van der Waals surface area contributed by atoms with E-state index in [4.69, 9.17) is 5.26 Å². The van der Waals surface area contributed by atoms with Gasteiger partial charge in [0.05, 0.1) is 11.5 Å². The molecule has 0 radical (unpaired) electrons. The van der Waals surface area contributed by atoms with Crippen molar-refractivity contribution >= 4 is 0 Å². The van der Waals surface area contributed by atoms with Crippen molar-refractivity contribution in [1.82, 2.24) is 5.32 Å². The van der Waals surface area contributed by atoms with Crippen molar-refractivity contribution in [2.45, 2.75) is 70.8 Å². The topological polar surface area (TPSA) is 35.8 Å². The molecule has 0 aromatic heterocycles. The molecule has 4 aliphatic carbocycles. The Morgan fingerprint density at radius 3 is 2.11 bits per heavy atom. The van der Waals surface area contributed by atoms with Crippen molar-refractivity contribution in [3.8, 4) is 6.07 Å². The minimum absolute atomic E-state index is 0.150. The molecule has 0 amide bonds. The highest BCUT2D eigenvalue weighted by molar-refractivity contribution is 5.06. The second kappa shape index (κ2) is 4.77. The lowest BCUT2D eigenvalue weighted by atomic mass is 9.53. The zero-order valence-corrected chi connectivity index (χ0v) is 12.5. The van der Waals surface area contributed by atoms with Crippen molar-refractivity contribution in [3.63, 3.8) is 0 Å². The van der Waals surface area contributed by atoms with E-state index in [-0.39, 0.29) is 5.41 Å². The van der Waals surface area contributed by atoms with Gasteiger partial charge in [-0.1, -0.05) is 0 Å². The van der Waals surface area contributed by atoms with Gasteiger partial charge in [0, 0.05) is 5.54 Å². The predicted molar refractivity (Wildman–Crippen MR) is 77.5 cm³/mol. The Hall–Kier alpha value is -0.550. The summed E-state index contributed by atoms with van der Waals surface area (Å²) in [6.45, 7) is 5.21. The number of nitrogens with zero attached hydrogens (tertiary/aromatic N) is 1. The molecule has 0 spiro atoms. The maximum Gasteiger partial charge on any atom is 0.0683 e. The van der Waals surface area contributed by atoms with E-state index in [0.717, 1.165) is 37.1 Å². The summed E-state index contributed by atoms with van der Waals surface area (Å²) in [7, 11) is 0. The highest BCUT2D eigenvalue weighted by Crippen LogP contribution is 2.55. The van der Waals surface area contributed by atoms with Crippen LogP contribution < -0.4 is 5.32 Å². The molecule has 0 aromatic carbocycles. The molecule has 4 aliphatic rings. The van der Waals surface area contributed by atoms with Gasteiger partial charge in [0.1, 0.15) is 0 Å². The Balaban J connectivity index is 1.49. The fourth-order valence-corrected chi connectivity index (χ4v) is 5.27. The molecule has 0 unspecified atom stereocenters. The predicted octanol–water partition coefficient (Wildman–Crippen LogP) is 3.87. The summed E-state index contributed by atoms with van der Waals surface area (Å²) in [4.78, 5) is 0. The Morgan fingerprint density at radius 2 is 1.63 bits per heavy atom. The Bertz CT molecular complexity index is 342. The molecule has 106 valence electrons. The van der Waals surface area contributed by atoms with Crippen LogP contribution in [0.4, 0.5) is 0 Å². The van der Waals surface area contributed by atoms with Gasteiger partial charge in [-0.25, -0.2) is 0 Å². The lowest BCUT2D eigenvalue weighted by Crippen LogP contribution is -2.58. The average molecular weight is 260 g/mol. The molecule has 0 atom stereocenters. The largest absolute Gasteiger partial charge is 0.311 e. The molecule has 4 fully saturated rings. The number of hydrogen-bond donors (Lipinski definition) is 1. The first kappa shape index (κ1) is 13.4. The van der Waals surface area contributed by atoms with Gasteiger partial charge < -0.3 is 5.32 Å². The van der Waals surface area contributed by atoms with Gasteiger partial charge in [-0.2, -0.15) is 5.26 Å². The summed E-state index contributed by atoms with van der Waals surface area (Å²) in [6, 6.07) is 2.41. The minimum atomic E-state index is -0.150. The van der Waals surface area contributed by atoms with Crippen molar-refractivity contribution in [2.75, 3.05) is 6.54 Å². The highest BCUT2D eigenvalue weighted by Gasteiger charge is 2.50. The van der Waals surface area contributed by atoms with Crippen LogP contribution in [-0.2, 0) is 0 Å². The summed E-state index contributed by atoms with van der Waals surface area (Å²) in [5.74, 6) is 3.07. The second-order valence-electron chi connectivity index (χ2n) is 8.22. The van der Waals surface area contributed by atoms with E-state index in [1.54, 1.807) is 0 Å². The van der Waals surface area contributed by atoms with Gasteiger partial charge in [0.15, 0.2) is 0 Å². The minimum Gasteiger partial charge on any atom is -0.311 e. The van der Waals surface area contributed by atoms with E-state index in [1.807, 2.05) is 0 Å². The van der Waals surface area contributed by atoms with Crippen LogP contribution in [0.5, 0.6) is 0 Å². The van der Waals surface area contributed by atoms with Gasteiger partial charge in [-0.05, 0) is 89.5 Å². The standard InChI is InChI=1S/C17H28N2/c1-16(2,12-18)4-3-5-19-17-9-13-6-14(10-17)8-15(7-13)11-17/h13-15,19H,3-11H2,1-2H3. The maximum absolute atomic E-state index is 9.05. The third-order valence-corrected chi connectivity index (χ3v) is 5.82. The summed E-state index contributed by atoms with van der Waals surface area (Å²) in [5, 5.41) is 13.0. The molecule has 19 heavy (non-hydrogen) atoms. The van der Waals surface area contributed by atoms with Crippen LogP contribution in [0.3, 0.4) is 0 Å². The van der Waals surface area contributed by atoms with Crippen molar-refractivity contribution in [2.24, 2.45) is 23.2 Å². The molecule has 0 aliphatic heterocycles. The van der Waals surface area contributed by atoms with E-state index in [9.17, 15) is 0 Å². The molecule has 4 rings (SSSR count). The fourth-order valence-electron chi connectivity index (χ4n) is 5.27. The first-order chi connectivity index (χ1) is 9.00. The lowest BCUT2D eigenvalue weighted by molar-refractivity contribution is -0.0197. The van der Waals surface area contributed by atoms with Crippen molar-refractivity contribution in [1.29, 1.82) is 5.26 Å². The summed E-state index contributed by atoms with van der Waals surface area (Å²) < 4.78 is 0. The fraction of sp³-hybridized carbons (Fsp3) is 0.941. The lowest BCUT2D eigenvalue weighted by Gasteiger charge is -2.57. The maximum atomic E-state index is 9.05. The molecule has 1 N–H and O–H groups in total. The SMILES string of the molecule is CC(C)(C#N)CCCNC12CC3CC(CC(C3)C1)C2. The van der Waals surface area contributed by atoms with Crippen LogP contribution in [0.2, 0.25) is 0 Å². The Labute approximate surface area is 118 Å². The molecular formula is C17H28N2. The Kier molecular flexibility index (Phi) is 3.38. The average Bonchev–Trinajstić information content (AvgIpc) is 2.33. The van der Waals surface area contributed by atoms with Crippen LogP contribution >= 0.6 is 0 Å². The van der Waals surface area contributed by atoms with E-state index >= 15 is 0 Å². The zero-order chi connectivity index (χ0) is 13.5. The molecular weight excluding hydrogens is 232 g/mol. The molecule has 2 heteroatoms. The van der Waals surface area contributed by atoms with Gasteiger partial charge in [-0.15, -0.1) is 0 Å². The van der Waals surface area contributed by atoms with Crippen molar-refractivity contribution in [3.05, 3.63) is 0 Å². The molecule has 0 heterocycles. The van der Waals surface area contributed by atoms with Gasteiger partial charge in [0.2, 0.25) is 0 Å². The molecule has 4 bridgehead atoms. The number of nitriles is 1. The monoisotopic (exact) mass is 260 g/mol. The third-order valence-electron chi connectivity index (χ3n) is 5.82. The zero-order valence-electron chi connectivity index (χ0n) is 12.5. The quantitative estimate of drug-likeness (QED) is 0.762. The molecule has 0 saturated heterocycles. The molecule has 4 saturated carbocycles. The summed E-state index contributed by atoms with van der Waals surface area (Å²) >= 11 is 0. The number of hydrogen-bond acceptors (Lipinski definition) is 2. The molecule has 0 aromatic rings. The van der Waals surface area contributed by atoms with Crippen LogP contribution in [0, 0.1) is 34.5 Å². The van der Waals surface area contributed by atoms with Gasteiger partial charge in [0.25, 0.3) is 0 Å². The van der Waals surface area contributed by atoms with E-state index in [0.29, 0.717) is 5.54 Å². The highest BCUT2D eigenvalue weighted by atomic mass is 15.0. The normalized spacial score (nSPS) is 40.4. The third kappa shape index (κ3) is 2.82. The van der Waals surface area contributed by atoms with Gasteiger partial charge in [-0.3, -0.25) is 0 Å². The van der Waals surface area contributed by atoms with Crippen LogP contribution in [-0.4, -0.2) is 12.1 Å². The first-order valence-corrected chi connectivity index (χ1v) is 8.17. The first-order valence-electron chi connectivity index (χ1n) is 8.17. The van der Waals surface area contributed by atoms with E-state index in [2.05, 4.69) is 25.2 Å². The number of nitrogens with one attached hydrogen (secondary N) is 1. The molecule has 2 nitrogen and oxygen atoms in total. The van der Waals surface area contributed by atoms with Crippen LogP contribution in [0.15, 0.2) is 0 Å². The van der Waals surface area contributed by atoms with Crippen molar-refractivity contribution < 1.29 is 0 Å². The van der Waals surface area contributed by atoms with E-state index < -0.39 is 0 Å². The Morgan fingerprint density at radius 1 is 1.11 bits per heavy atom. The van der Waals surface area contributed by atoms with E-state index in [1.165, 1.54) is 38.5 Å². The summed E-state index contributed by atoms with van der Waals surface area (Å²) in [6.07, 6.45) is 11.0. The van der Waals surface area contributed by atoms with Crippen LogP contribution in [0.1, 0.15) is 65.2 Å². The second-order valence-corrected chi connectivity index (χ2v) is 8.22. The smallest absolute Gasteiger partial charge is 0.0683 e. The number of rotatable bonds is 5. The summed E-state index contributed by atoms with van der Waals surface area (Å²) in [5.41, 5.74) is 0.342. The van der Waals surface area contributed by atoms with Gasteiger partial charge >= 0.3 is 0 Å².